The summed E-state index contributed by atoms with van der Waals surface area (Å²) < 4.78 is 34.5. The highest BCUT2D eigenvalue weighted by Gasteiger charge is 2.43. The predicted octanol–water partition coefficient (Wildman–Crippen LogP) is 1.97. The third-order valence-electron chi connectivity index (χ3n) is 3.07. The molecule has 1 saturated carbocycles. The molecule has 2 unspecified atom stereocenters. The molecule has 1 amide bonds. The van der Waals surface area contributed by atoms with Crippen molar-refractivity contribution in [3.63, 3.8) is 0 Å². The van der Waals surface area contributed by atoms with Crippen LogP contribution in [0, 0.1) is 5.92 Å². The lowest BCUT2D eigenvalue weighted by Gasteiger charge is -2.07. The van der Waals surface area contributed by atoms with Gasteiger partial charge in [-0.05, 0) is 23.9 Å². The van der Waals surface area contributed by atoms with Crippen LogP contribution in [-0.4, -0.2) is 29.0 Å². The first-order chi connectivity index (χ1) is 10.3. The molecule has 0 saturated heterocycles. The first kappa shape index (κ1) is 8.79. The summed E-state index contributed by atoms with van der Waals surface area (Å²) in [7, 11) is 0. The van der Waals surface area contributed by atoms with Gasteiger partial charge in [-0.25, -0.2) is 14.4 Å². The van der Waals surface area contributed by atoms with Crippen LogP contribution in [0.2, 0.25) is 0 Å². The molecule has 0 spiro atoms. The summed E-state index contributed by atoms with van der Waals surface area (Å²) >= 11 is 0. The molecule has 2 N–H and O–H groups in total. The Labute approximate surface area is 113 Å². The van der Waals surface area contributed by atoms with Crippen molar-refractivity contribution in [2.24, 2.45) is 5.92 Å². The number of aromatic nitrogens is 2. The maximum absolute atomic E-state index is 12.8. The molecule has 2 aromatic rings. The Morgan fingerprint density at radius 3 is 3.16 bits per heavy atom. The van der Waals surface area contributed by atoms with E-state index in [1.54, 1.807) is 12.1 Å². The zero-order valence-corrected chi connectivity index (χ0v) is 9.85. The Morgan fingerprint density at radius 1 is 1.58 bits per heavy atom. The van der Waals surface area contributed by atoms with Crippen molar-refractivity contribution in [3.8, 4) is 0 Å². The quantitative estimate of drug-likeness (QED) is 0.888. The first-order valence-corrected chi connectivity index (χ1v) is 5.81. The molecule has 0 aromatic carbocycles. The molecule has 1 aliphatic carbocycles. The second-order valence-corrected chi connectivity index (χ2v) is 4.42. The van der Waals surface area contributed by atoms with E-state index in [4.69, 9.17) is 4.11 Å². The Kier molecular flexibility index (Phi) is 2.06. The van der Waals surface area contributed by atoms with Crippen LogP contribution in [0.3, 0.4) is 0 Å². The summed E-state index contributed by atoms with van der Waals surface area (Å²) in [6, 6.07) is 3.27. The van der Waals surface area contributed by atoms with Gasteiger partial charge in [-0.3, -0.25) is 4.79 Å². The molecule has 2 heterocycles. The molecule has 2 aromatic heterocycles. The van der Waals surface area contributed by atoms with Crippen molar-refractivity contribution in [1.82, 2.24) is 9.97 Å². The number of amides is 1. The van der Waals surface area contributed by atoms with Crippen molar-refractivity contribution in [2.45, 2.75) is 12.6 Å². The molecule has 0 radical (unpaired) electrons. The van der Waals surface area contributed by atoms with Gasteiger partial charge in [0, 0.05) is 28.9 Å². The number of rotatable bonds is 3. The van der Waals surface area contributed by atoms with E-state index in [9.17, 15) is 9.18 Å². The molecule has 3 rings (SSSR count). The topological polar surface area (TPSA) is 66.9 Å². The number of pyridine rings is 2. The monoisotopic (exact) mass is 263 g/mol. The van der Waals surface area contributed by atoms with Crippen molar-refractivity contribution >= 4 is 28.3 Å². The third kappa shape index (κ3) is 2.21. The van der Waals surface area contributed by atoms with Crippen molar-refractivity contribution in [3.05, 3.63) is 24.5 Å². The van der Waals surface area contributed by atoms with E-state index in [1.807, 2.05) is 0 Å². The minimum absolute atomic E-state index is 0.189. The van der Waals surface area contributed by atoms with Gasteiger partial charge in [0.1, 0.15) is 17.8 Å². The summed E-state index contributed by atoms with van der Waals surface area (Å²) in [5.41, 5.74) is 0. The van der Waals surface area contributed by atoms with E-state index in [0.29, 0.717) is 16.6 Å². The molecule has 19 heavy (non-hydrogen) atoms. The smallest absolute Gasteiger partial charge is 0.231 e. The van der Waals surface area contributed by atoms with Crippen LogP contribution < -0.4 is 10.6 Å². The summed E-state index contributed by atoms with van der Waals surface area (Å²) in [5.74, 6) is -0.506. The molecule has 98 valence electrons. The number of carbonyl (C=O) groups is 1. The van der Waals surface area contributed by atoms with Gasteiger partial charge < -0.3 is 10.6 Å². The fourth-order valence-electron chi connectivity index (χ4n) is 1.89. The minimum Gasteiger partial charge on any atom is -0.373 e. The molecule has 1 fully saturated rings. The molecule has 1 aliphatic rings. The Balaban J connectivity index is 1.86. The number of anilines is 2. The number of hydrogen-bond donors (Lipinski definition) is 2. The van der Waals surface area contributed by atoms with Gasteiger partial charge >= 0.3 is 0 Å². The summed E-state index contributed by atoms with van der Waals surface area (Å²) in [4.78, 5) is 19.7. The van der Waals surface area contributed by atoms with Crippen LogP contribution in [0.15, 0.2) is 24.5 Å². The van der Waals surface area contributed by atoms with E-state index >= 15 is 0 Å². The van der Waals surface area contributed by atoms with Gasteiger partial charge in [0.2, 0.25) is 5.91 Å². The number of carbonyl (C=O) groups excluding carboxylic acids is 1. The average Bonchev–Trinajstić information content (AvgIpc) is 3.14. The van der Waals surface area contributed by atoms with E-state index in [2.05, 4.69) is 20.6 Å². The van der Waals surface area contributed by atoms with Gasteiger partial charge in [0.25, 0.3) is 0 Å². The molecule has 5 nitrogen and oxygen atoms in total. The highest BCUT2D eigenvalue weighted by molar-refractivity contribution is 5.97. The lowest BCUT2D eigenvalue weighted by molar-refractivity contribution is -0.117. The maximum Gasteiger partial charge on any atom is 0.231 e. The summed E-state index contributed by atoms with van der Waals surface area (Å²) in [6.45, 7) is -2.36. The van der Waals surface area contributed by atoms with Crippen molar-refractivity contribution < 1.29 is 13.3 Å². The minimum atomic E-state index is -2.36. The number of nitrogens with one attached hydrogen (secondary N) is 2. The van der Waals surface area contributed by atoms with Crippen molar-refractivity contribution in [1.29, 1.82) is 0 Å². The fourth-order valence-corrected chi connectivity index (χ4v) is 1.89. The van der Waals surface area contributed by atoms with Gasteiger partial charge in [-0.15, -0.1) is 0 Å². The molecule has 6 heteroatoms. The number of alkyl halides is 1. The highest BCUT2D eigenvalue weighted by Crippen LogP contribution is 2.34. The molecular weight excluding hydrogens is 247 g/mol. The number of nitrogens with zero attached hydrogens (tertiary/aromatic N) is 2. The second-order valence-electron chi connectivity index (χ2n) is 4.42. The highest BCUT2D eigenvalue weighted by atomic mass is 19.1. The Morgan fingerprint density at radius 2 is 2.42 bits per heavy atom. The SMILES string of the molecule is [2H]C([2H])([2H])Nc1nccc2cc(NC(=O)C3CC3F)ncc12. The number of halogens is 1. The lowest BCUT2D eigenvalue weighted by atomic mass is 10.2. The van der Waals surface area contributed by atoms with Gasteiger partial charge in [0.05, 0.1) is 5.92 Å². The average molecular weight is 263 g/mol. The maximum atomic E-state index is 12.8. The van der Waals surface area contributed by atoms with E-state index < -0.39 is 25.0 Å². The van der Waals surface area contributed by atoms with Crippen LogP contribution in [0.5, 0.6) is 0 Å². The molecule has 0 aliphatic heterocycles. The number of fused-ring (bicyclic) bond motifs is 1. The van der Waals surface area contributed by atoms with E-state index in [-0.39, 0.29) is 12.2 Å². The van der Waals surface area contributed by atoms with Crippen LogP contribution in [0.25, 0.3) is 10.8 Å². The largest absolute Gasteiger partial charge is 0.373 e. The molecular formula is C13H13FN4O. The van der Waals surface area contributed by atoms with Gasteiger partial charge in [-0.1, -0.05) is 0 Å². The first-order valence-electron chi connectivity index (χ1n) is 7.31. The zero-order chi connectivity index (χ0) is 15.9. The standard InChI is InChI=1S/C13H13FN4O/c1-15-12-9-6-17-11(4-7(9)2-3-16-12)18-13(19)8-5-10(8)14/h2-4,6,8,10H,5H2,1H3,(H,15,16)(H,17,18,19)/i1D3. The predicted molar refractivity (Wildman–Crippen MR) is 70.7 cm³/mol. The van der Waals surface area contributed by atoms with Crippen molar-refractivity contribution in [2.75, 3.05) is 17.6 Å². The van der Waals surface area contributed by atoms with Crippen LogP contribution >= 0.6 is 0 Å². The van der Waals surface area contributed by atoms with E-state index in [1.165, 1.54) is 12.4 Å². The van der Waals surface area contributed by atoms with Gasteiger partial charge in [-0.2, -0.15) is 0 Å². The summed E-state index contributed by atoms with van der Waals surface area (Å²) in [5, 5.41) is 6.07. The normalized spacial score (nSPS) is 24.2. The fraction of sp³-hybridized carbons (Fsp3) is 0.308. The Bertz CT molecular complexity index is 737. The van der Waals surface area contributed by atoms with Crippen LogP contribution in [0.4, 0.5) is 16.0 Å². The number of hydrogen-bond acceptors (Lipinski definition) is 4. The van der Waals surface area contributed by atoms with Gasteiger partial charge in [0.15, 0.2) is 0 Å². The summed E-state index contributed by atoms with van der Waals surface area (Å²) in [6.07, 6.45) is 2.06. The molecule has 2 atom stereocenters. The van der Waals surface area contributed by atoms with Crippen LogP contribution in [-0.2, 0) is 4.79 Å². The van der Waals surface area contributed by atoms with Crippen LogP contribution in [0.1, 0.15) is 10.5 Å². The second kappa shape index (κ2) is 4.46. The lowest BCUT2D eigenvalue weighted by Crippen LogP contribution is -2.15. The molecule has 0 bridgehead atoms. The third-order valence-corrected chi connectivity index (χ3v) is 3.07. The Hall–Kier alpha value is -2.24. The van der Waals surface area contributed by atoms with E-state index in [0.717, 1.165) is 0 Å². The zero-order valence-electron chi connectivity index (χ0n) is 12.9.